The molecular formula is C14H21FN2O3S. The van der Waals surface area contributed by atoms with Gasteiger partial charge >= 0.3 is 0 Å². The predicted molar refractivity (Wildman–Crippen MR) is 78.0 cm³/mol. The first-order chi connectivity index (χ1) is 9.96. The van der Waals surface area contributed by atoms with Crippen LogP contribution in [0.1, 0.15) is 19.4 Å². The molecule has 1 N–H and O–H groups in total. The Balaban J connectivity index is 2.31. The molecule has 21 heavy (non-hydrogen) atoms. The SMILES string of the molecule is CCNCc1cc(S(=O)(=O)N2CCOCC2C)ccc1F. The Morgan fingerprint density at radius 3 is 2.90 bits per heavy atom. The summed E-state index contributed by atoms with van der Waals surface area (Å²) >= 11 is 0. The van der Waals surface area contributed by atoms with Crippen LogP contribution in [0.25, 0.3) is 0 Å². The van der Waals surface area contributed by atoms with Gasteiger partial charge in [-0.15, -0.1) is 0 Å². The van der Waals surface area contributed by atoms with Crippen LogP contribution in [0.3, 0.4) is 0 Å². The molecule has 1 atom stereocenters. The molecule has 1 aromatic carbocycles. The Bertz CT molecular complexity index is 592. The zero-order chi connectivity index (χ0) is 15.5. The lowest BCUT2D eigenvalue weighted by atomic mass is 10.2. The molecule has 0 saturated carbocycles. The third-order valence-corrected chi connectivity index (χ3v) is 5.51. The van der Waals surface area contributed by atoms with E-state index in [1.54, 1.807) is 6.92 Å². The summed E-state index contributed by atoms with van der Waals surface area (Å²) in [5, 5.41) is 3.00. The number of hydrogen-bond donors (Lipinski definition) is 1. The maximum absolute atomic E-state index is 13.7. The fourth-order valence-corrected chi connectivity index (χ4v) is 3.96. The third kappa shape index (κ3) is 3.60. The lowest BCUT2D eigenvalue weighted by molar-refractivity contribution is 0.0392. The number of morpholine rings is 1. The van der Waals surface area contributed by atoms with Gasteiger partial charge in [-0.3, -0.25) is 0 Å². The summed E-state index contributed by atoms with van der Waals surface area (Å²) < 4.78 is 45.7. The van der Waals surface area contributed by atoms with Crippen LogP contribution >= 0.6 is 0 Å². The molecule has 0 aliphatic carbocycles. The van der Waals surface area contributed by atoms with Crippen molar-refractivity contribution < 1.29 is 17.5 Å². The van der Waals surface area contributed by atoms with Gasteiger partial charge in [-0.2, -0.15) is 4.31 Å². The Hall–Kier alpha value is -1.02. The number of nitrogens with zero attached hydrogens (tertiary/aromatic N) is 1. The molecule has 1 fully saturated rings. The fraction of sp³-hybridized carbons (Fsp3) is 0.571. The van der Waals surface area contributed by atoms with E-state index in [9.17, 15) is 12.8 Å². The van der Waals surface area contributed by atoms with Gasteiger partial charge in [0.25, 0.3) is 0 Å². The van der Waals surface area contributed by atoms with Gasteiger partial charge in [-0.25, -0.2) is 12.8 Å². The number of ether oxygens (including phenoxy) is 1. The molecule has 5 nitrogen and oxygen atoms in total. The second-order valence-electron chi connectivity index (χ2n) is 5.07. The van der Waals surface area contributed by atoms with Crippen molar-refractivity contribution in [3.8, 4) is 0 Å². The van der Waals surface area contributed by atoms with E-state index < -0.39 is 15.8 Å². The minimum absolute atomic E-state index is 0.130. The van der Waals surface area contributed by atoms with E-state index >= 15 is 0 Å². The highest BCUT2D eigenvalue weighted by atomic mass is 32.2. The highest BCUT2D eigenvalue weighted by molar-refractivity contribution is 7.89. The van der Waals surface area contributed by atoms with Crippen molar-refractivity contribution in [2.24, 2.45) is 0 Å². The molecule has 1 aliphatic rings. The monoisotopic (exact) mass is 316 g/mol. The molecule has 1 heterocycles. The van der Waals surface area contributed by atoms with E-state index in [1.165, 1.54) is 22.5 Å². The van der Waals surface area contributed by atoms with Crippen molar-refractivity contribution in [1.82, 2.24) is 9.62 Å². The van der Waals surface area contributed by atoms with Crippen LogP contribution in [-0.4, -0.2) is 45.1 Å². The Kier molecular flexibility index (Phi) is 5.32. The van der Waals surface area contributed by atoms with E-state index in [-0.39, 0.29) is 10.9 Å². The second kappa shape index (κ2) is 6.83. The zero-order valence-corrected chi connectivity index (χ0v) is 13.1. The predicted octanol–water partition coefficient (Wildman–Crippen LogP) is 1.34. The number of sulfonamides is 1. The maximum Gasteiger partial charge on any atom is 0.243 e. The number of benzene rings is 1. The zero-order valence-electron chi connectivity index (χ0n) is 12.3. The van der Waals surface area contributed by atoms with Crippen molar-refractivity contribution in [1.29, 1.82) is 0 Å². The highest BCUT2D eigenvalue weighted by Gasteiger charge is 2.31. The van der Waals surface area contributed by atoms with E-state index in [1.807, 2.05) is 6.92 Å². The van der Waals surface area contributed by atoms with Crippen LogP contribution in [0.5, 0.6) is 0 Å². The van der Waals surface area contributed by atoms with Gasteiger partial charge in [0, 0.05) is 24.7 Å². The maximum atomic E-state index is 13.7. The molecule has 2 rings (SSSR count). The Morgan fingerprint density at radius 2 is 2.24 bits per heavy atom. The molecule has 1 aliphatic heterocycles. The molecule has 1 unspecified atom stereocenters. The Labute approximate surface area is 125 Å². The van der Waals surface area contributed by atoms with Gasteiger partial charge in [0.05, 0.1) is 18.1 Å². The first-order valence-corrected chi connectivity index (χ1v) is 8.49. The van der Waals surface area contributed by atoms with Gasteiger partial charge in [0.15, 0.2) is 0 Å². The highest BCUT2D eigenvalue weighted by Crippen LogP contribution is 2.22. The van der Waals surface area contributed by atoms with Gasteiger partial charge in [0.1, 0.15) is 5.82 Å². The molecule has 1 saturated heterocycles. The van der Waals surface area contributed by atoms with Crippen molar-refractivity contribution in [3.63, 3.8) is 0 Å². The van der Waals surface area contributed by atoms with Gasteiger partial charge < -0.3 is 10.1 Å². The average molecular weight is 316 g/mol. The van der Waals surface area contributed by atoms with E-state index in [4.69, 9.17) is 4.74 Å². The van der Waals surface area contributed by atoms with E-state index in [0.717, 1.165) is 0 Å². The van der Waals surface area contributed by atoms with E-state index in [2.05, 4.69) is 5.32 Å². The molecular weight excluding hydrogens is 295 g/mol. The molecule has 1 aromatic rings. The lowest BCUT2D eigenvalue weighted by Gasteiger charge is -2.32. The smallest absolute Gasteiger partial charge is 0.243 e. The van der Waals surface area contributed by atoms with Gasteiger partial charge in [0.2, 0.25) is 10.0 Å². The van der Waals surface area contributed by atoms with Crippen LogP contribution in [0.15, 0.2) is 23.1 Å². The van der Waals surface area contributed by atoms with Crippen LogP contribution in [0.2, 0.25) is 0 Å². The third-order valence-electron chi connectivity index (χ3n) is 3.50. The largest absolute Gasteiger partial charge is 0.378 e. The number of nitrogens with one attached hydrogen (secondary N) is 1. The standard InChI is InChI=1S/C14H21FN2O3S/c1-3-16-9-12-8-13(4-5-14(12)15)21(18,19)17-6-7-20-10-11(17)2/h4-5,8,11,16H,3,6-7,9-10H2,1-2H3. The van der Waals surface area contributed by atoms with Crippen molar-refractivity contribution >= 4 is 10.0 Å². The van der Waals surface area contributed by atoms with Gasteiger partial charge in [-0.05, 0) is 31.7 Å². The molecule has 0 spiro atoms. The minimum atomic E-state index is -3.62. The number of rotatable bonds is 5. The van der Waals surface area contributed by atoms with Crippen molar-refractivity contribution in [3.05, 3.63) is 29.6 Å². The van der Waals surface area contributed by atoms with Crippen LogP contribution < -0.4 is 5.32 Å². The molecule has 0 radical (unpaired) electrons. The number of hydrogen-bond acceptors (Lipinski definition) is 4. The van der Waals surface area contributed by atoms with Gasteiger partial charge in [-0.1, -0.05) is 6.92 Å². The summed E-state index contributed by atoms with van der Waals surface area (Å²) in [7, 11) is -3.62. The minimum Gasteiger partial charge on any atom is -0.378 e. The van der Waals surface area contributed by atoms with Crippen LogP contribution in [0.4, 0.5) is 4.39 Å². The quantitative estimate of drug-likeness (QED) is 0.891. The first-order valence-electron chi connectivity index (χ1n) is 7.05. The summed E-state index contributed by atoms with van der Waals surface area (Å²) in [6, 6.07) is 3.73. The van der Waals surface area contributed by atoms with E-state index in [0.29, 0.717) is 38.4 Å². The molecule has 118 valence electrons. The number of halogens is 1. The summed E-state index contributed by atoms with van der Waals surface area (Å²) in [5.41, 5.74) is 0.360. The van der Waals surface area contributed by atoms with Crippen molar-refractivity contribution in [2.45, 2.75) is 31.3 Å². The first kappa shape index (κ1) is 16.4. The summed E-state index contributed by atoms with van der Waals surface area (Å²) in [5.74, 6) is -0.398. The summed E-state index contributed by atoms with van der Waals surface area (Å²) in [6.45, 7) is 5.80. The normalized spacial score (nSPS) is 20.6. The molecule has 0 amide bonds. The van der Waals surface area contributed by atoms with Crippen LogP contribution in [0, 0.1) is 5.82 Å². The molecule has 7 heteroatoms. The summed E-state index contributed by atoms with van der Waals surface area (Å²) in [6.07, 6.45) is 0. The second-order valence-corrected chi connectivity index (χ2v) is 6.96. The lowest BCUT2D eigenvalue weighted by Crippen LogP contribution is -2.46. The average Bonchev–Trinajstić information content (AvgIpc) is 2.46. The van der Waals surface area contributed by atoms with Crippen molar-refractivity contribution in [2.75, 3.05) is 26.3 Å². The molecule has 0 aromatic heterocycles. The topological polar surface area (TPSA) is 58.6 Å². The molecule has 0 bridgehead atoms. The Morgan fingerprint density at radius 1 is 1.48 bits per heavy atom. The fourth-order valence-electron chi connectivity index (χ4n) is 2.31. The van der Waals surface area contributed by atoms with Crippen LogP contribution in [-0.2, 0) is 21.3 Å². The summed E-state index contributed by atoms with van der Waals surface area (Å²) in [4.78, 5) is 0.130.